The van der Waals surface area contributed by atoms with Gasteiger partial charge in [-0.2, -0.15) is 0 Å². The number of hydrogen-bond acceptors (Lipinski definition) is 2. The molecule has 0 saturated heterocycles. The van der Waals surface area contributed by atoms with E-state index in [0.29, 0.717) is 0 Å². The van der Waals surface area contributed by atoms with Crippen molar-refractivity contribution in [3.8, 4) is 0 Å². The van der Waals surface area contributed by atoms with Gasteiger partial charge in [-0.1, -0.05) is 19.9 Å². The van der Waals surface area contributed by atoms with Crippen LogP contribution in [0.3, 0.4) is 0 Å². The van der Waals surface area contributed by atoms with Gasteiger partial charge in [0, 0.05) is 5.54 Å². The number of benzene rings is 1. The van der Waals surface area contributed by atoms with E-state index in [1.54, 1.807) is 6.07 Å². The molecule has 0 aliphatic heterocycles. The van der Waals surface area contributed by atoms with Crippen LogP contribution in [0.4, 0.5) is 4.39 Å². The van der Waals surface area contributed by atoms with Crippen LogP contribution in [-0.2, 0) is 0 Å². The van der Waals surface area contributed by atoms with Crippen LogP contribution in [0.25, 0.3) is 0 Å². The molecule has 1 N–H and O–H groups in total. The quantitative estimate of drug-likeness (QED) is 0.815. The molecule has 0 spiro atoms. The third-order valence-electron chi connectivity index (χ3n) is 4.51. The summed E-state index contributed by atoms with van der Waals surface area (Å²) in [6.07, 6.45) is 2.06. The fourth-order valence-electron chi connectivity index (χ4n) is 2.65. The predicted molar refractivity (Wildman–Crippen MR) is 84.6 cm³/mol. The van der Waals surface area contributed by atoms with Crippen molar-refractivity contribution in [3.05, 3.63) is 35.1 Å². The first-order valence-corrected chi connectivity index (χ1v) is 7.53. The molecule has 0 aromatic heterocycles. The number of nitrogens with zero attached hydrogens (tertiary/aromatic N) is 1. The molecule has 0 aliphatic carbocycles. The second-order valence-electron chi connectivity index (χ2n) is 5.99. The van der Waals surface area contributed by atoms with E-state index in [1.165, 1.54) is 6.07 Å². The standard InChI is InChI=1S/C17H29FN2/c1-7-11-19-16(17(4,8-2)20(5)6)15-12-14(18)10-9-13(15)3/h9-10,12,16,19H,7-8,11H2,1-6H3. The van der Waals surface area contributed by atoms with Crippen LogP contribution in [0.2, 0.25) is 0 Å². The average Bonchev–Trinajstić information content (AvgIpc) is 2.42. The van der Waals surface area contributed by atoms with Gasteiger partial charge in [-0.25, -0.2) is 4.39 Å². The number of halogens is 1. The lowest BCUT2D eigenvalue weighted by Gasteiger charge is -2.44. The summed E-state index contributed by atoms with van der Waals surface area (Å²) >= 11 is 0. The Balaban J connectivity index is 3.27. The summed E-state index contributed by atoms with van der Waals surface area (Å²) < 4.78 is 13.7. The summed E-state index contributed by atoms with van der Waals surface area (Å²) in [7, 11) is 4.19. The van der Waals surface area contributed by atoms with Crippen molar-refractivity contribution in [2.75, 3.05) is 20.6 Å². The van der Waals surface area contributed by atoms with Crippen molar-refractivity contribution in [1.82, 2.24) is 10.2 Å². The van der Waals surface area contributed by atoms with Gasteiger partial charge in [0.2, 0.25) is 0 Å². The molecule has 1 aromatic carbocycles. The number of hydrogen-bond donors (Lipinski definition) is 1. The Kier molecular flexibility index (Phi) is 6.15. The van der Waals surface area contributed by atoms with Crippen LogP contribution in [0, 0.1) is 12.7 Å². The summed E-state index contributed by atoms with van der Waals surface area (Å²) in [6.45, 7) is 9.58. The average molecular weight is 280 g/mol. The molecular weight excluding hydrogens is 251 g/mol. The third kappa shape index (κ3) is 3.58. The first-order chi connectivity index (χ1) is 9.36. The lowest BCUT2D eigenvalue weighted by Crippen LogP contribution is -2.51. The molecule has 2 nitrogen and oxygen atoms in total. The van der Waals surface area contributed by atoms with Crippen LogP contribution in [0.5, 0.6) is 0 Å². The van der Waals surface area contributed by atoms with Gasteiger partial charge in [-0.3, -0.25) is 0 Å². The van der Waals surface area contributed by atoms with E-state index in [2.05, 4.69) is 52.0 Å². The number of likely N-dealkylation sites (N-methyl/N-ethyl adjacent to an activating group) is 1. The van der Waals surface area contributed by atoms with Crippen molar-refractivity contribution >= 4 is 0 Å². The first kappa shape index (κ1) is 17.1. The zero-order chi connectivity index (χ0) is 15.3. The Morgan fingerprint density at radius 3 is 2.45 bits per heavy atom. The van der Waals surface area contributed by atoms with Gasteiger partial charge < -0.3 is 10.2 Å². The van der Waals surface area contributed by atoms with Crippen LogP contribution in [0.1, 0.15) is 50.8 Å². The molecule has 0 bridgehead atoms. The Labute approximate surface area is 123 Å². The number of aryl methyl sites for hydroxylation is 1. The number of nitrogens with one attached hydrogen (secondary N) is 1. The molecule has 0 heterocycles. The van der Waals surface area contributed by atoms with Gasteiger partial charge in [0.1, 0.15) is 5.82 Å². The van der Waals surface area contributed by atoms with Crippen LogP contribution >= 0.6 is 0 Å². The van der Waals surface area contributed by atoms with Crippen molar-refractivity contribution in [3.63, 3.8) is 0 Å². The van der Waals surface area contributed by atoms with Crippen molar-refractivity contribution in [1.29, 1.82) is 0 Å². The van der Waals surface area contributed by atoms with Gasteiger partial charge in [-0.15, -0.1) is 0 Å². The minimum Gasteiger partial charge on any atom is -0.308 e. The largest absolute Gasteiger partial charge is 0.308 e. The molecule has 114 valence electrons. The van der Waals surface area contributed by atoms with Crippen molar-refractivity contribution in [2.45, 2.75) is 52.1 Å². The van der Waals surface area contributed by atoms with Crippen LogP contribution in [-0.4, -0.2) is 31.1 Å². The fourth-order valence-corrected chi connectivity index (χ4v) is 2.65. The summed E-state index contributed by atoms with van der Waals surface area (Å²) in [5, 5.41) is 3.62. The second-order valence-corrected chi connectivity index (χ2v) is 5.99. The number of rotatable bonds is 7. The molecule has 0 saturated carbocycles. The van der Waals surface area contributed by atoms with Crippen molar-refractivity contribution < 1.29 is 4.39 Å². The predicted octanol–water partition coefficient (Wildman–Crippen LogP) is 3.91. The zero-order valence-corrected chi connectivity index (χ0v) is 13.8. The Hall–Kier alpha value is -0.930. The fraction of sp³-hybridized carbons (Fsp3) is 0.647. The highest BCUT2D eigenvalue weighted by Crippen LogP contribution is 2.34. The Morgan fingerprint density at radius 2 is 1.95 bits per heavy atom. The minimum atomic E-state index is -0.161. The molecule has 0 aliphatic rings. The summed E-state index contributed by atoms with van der Waals surface area (Å²) in [5.74, 6) is -0.161. The first-order valence-electron chi connectivity index (χ1n) is 7.53. The summed E-state index contributed by atoms with van der Waals surface area (Å²) in [5.41, 5.74) is 2.16. The van der Waals surface area contributed by atoms with E-state index in [0.717, 1.165) is 30.5 Å². The maximum Gasteiger partial charge on any atom is 0.123 e. The van der Waals surface area contributed by atoms with Gasteiger partial charge in [0.25, 0.3) is 0 Å². The highest BCUT2D eigenvalue weighted by molar-refractivity contribution is 5.32. The van der Waals surface area contributed by atoms with Gasteiger partial charge in [0.15, 0.2) is 0 Å². The minimum absolute atomic E-state index is 0.0479. The normalized spacial score (nSPS) is 16.2. The highest BCUT2D eigenvalue weighted by Gasteiger charge is 2.36. The van der Waals surface area contributed by atoms with E-state index in [4.69, 9.17) is 0 Å². The van der Waals surface area contributed by atoms with E-state index in [1.807, 2.05) is 6.07 Å². The topological polar surface area (TPSA) is 15.3 Å². The van der Waals surface area contributed by atoms with E-state index >= 15 is 0 Å². The maximum atomic E-state index is 13.7. The zero-order valence-electron chi connectivity index (χ0n) is 13.8. The van der Waals surface area contributed by atoms with Gasteiger partial charge in [-0.05, 0) is 70.6 Å². The summed E-state index contributed by atoms with van der Waals surface area (Å²) in [6, 6.07) is 5.21. The molecule has 2 atom stereocenters. The Morgan fingerprint density at radius 1 is 1.30 bits per heavy atom. The molecule has 3 heteroatoms. The van der Waals surface area contributed by atoms with Crippen molar-refractivity contribution in [2.24, 2.45) is 0 Å². The molecule has 0 fully saturated rings. The maximum absolute atomic E-state index is 13.7. The van der Waals surface area contributed by atoms with Crippen LogP contribution < -0.4 is 5.32 Å². The molecule has 20 heavy (non-hydrogen) atoms. The second kappa shape index (κ2) is 7.19. The smallest absolute Gasteiger partial charge is 0.123 e. The molecule has 0 amide bonds. The SMILES string of the molecule is CCCNC(c1cc(F)ccc1C)C(C)(CC)N(C)C. The molecule has 0 radical (unpaired) electrons. The third-order valence-corrected chi connectivity index (χ3v) is 4.51. The Bertz CT molecular complexity index is 431. The van der Waals surface area contributed by atoms with Crippen LogP contribution in [0.15, 0.2) is 18.2 Å². The van der Waals surface area contributed by atoms with Gasteiger partial charge >= 0.3 is 0 Å². The van der Waals surface area contributed by atoms with Gasteiger partial charge in [0.05, 0.1) is 6.04 Å². The lowest BCUT2D eigenvalue weighted by atomic mass is 9.81. The molecule has 1 rings (SSSR count). The molecule has 2 unspecified atom stereocenters. The monoisotopic (exact) mass is 280 g/mol. The van der Waals surface area contributed by atoms with E-state index in [-0.39, 0.29) is 17.4 Å². The lowest BCUT2D eigenvalue weighted by molar-refractivity contribution is 0.112. The highest BCUT2D eigenvalue weighted by atomic mass is 19.1. The summed E-state index contributed by atoms with van der Waals surface area (Å²) in [4.78, 5) is 2.24. The van der Waals surface area contributed by atoms with E-state index in [9.17, 15) is 4.39 Å². The molecular formula is C17H29FN2. The van der Waals surface area contributed by atoms with E-state index < -0.39 is 0 Å². The molecule has 1 aromatic rings.